The highest BCUT2D eigenvalue weighted by molar-refractivity contribution is 7.89. The Bertz CT molecular complexity index is 1480. The van der Waals surface area contributed by atoms with Gasteiger partial charge >= 0.3 is 5.97 Å². The van der Waals surface area contributed by atoms with Crippen molar-refractivity contribution in [1.29, 1.82) is 0 Å². The number of ether oxygens (including phenoxy) is 1. The van der Waals surface area contributed by atoms with Gasteiger partial charge < -0.3 is 15.4 Å². The van der Waals surface area contributed by atoms with Crippen LogP contribution in [0.15, 0.2) is 65.6 Å². The smallest absolute Gasteiger partial charge is 0.340 e. The van der Waals surface area contributed by atoms with Crippen LogP contribution in [0.3, 0.4) is 0 Å². The summed E-state index contributed by atoms with van der Waals surface area (Å²) < 4.78 is 34.8. The fraction of sp³-hybridized carbons (Fsp3) is 0.400. The first kappa shape index (κ1) is 27.4. The van der Waals surface area contributed by atoms with E-state index in [-0.39, 0.29) is 10.4 Å². The van der Waals surface area contributed by atoms with Crippen LogP contribution in [0.5, 0.6) is 0 Å². The summed E-state index contributed by atoms with van der Waals surface area (Å²) in [7, 11) is -2.28. The van der Waals surface area contributed by atoms with Gasteiger partial charge in [-0.15, -0.1) is 11.3 Å². The molecule has 0 aliphatic heterocycles. The second kappa shape index (κ2) is 10.9. The number of carbonyl (C=O) groups is 1. The van der Waals surface area contributed by atoms with E-state index in [1.165, 1.54) is 37.7 Å². The Morgan fingerprint density at radius 2 is 1.60 bits per heavy atom. The van der Waals surface area contributed by atoms with E-state index in [1.807, 2.05) is 36.4 Å². The largest absolute Gasteiger partial charge is 0.465 e. The number of anilines is 2. The van der Waals surface area contributed by atoms with Gasteiger partial charge in [0.2, 0.25) is 10.0 Å². The number of benzene rings is 2. The van der Waals surface area contributed by atoms with Crippen LogP contribution < -0.4 is 15.4 Å². The maximum absolute atomic E-state index is 13.3. The van der Waals surface area contributed by atoms with Crippen molar-refractivity contribution in [1.82, 2.24) is 4.72 Å². The van der Waals surface area contributed by atoms with Gasteiger partial charge in [-0.3, -0.25) is 0 Å². The van der Waals surface area contributed by atoms with Crippen molar-refractivity contribution < 1.29 is 17.9 Å². The Hall–Kier alpha value is -2.79. The Morgan fingerprint density at radius 1 is 0.975 bits per heavy atom. The van der Waals surface area contributed by atoms with Crippen molar-refractivity contribution >= 4 is 55.3 Å². The molecule has 0 spiro atoms. The van der Waals surface area contributed by atoms with Crippen molar-refractivity contribution in [2.45, 2.75) is 55.4 Å². The Kier molecular flexibility index (Phi) is 7.45. The highest BCUT2D eigenvalue weighted by Gasteiger charge is 2.52. The molecule has 4 bridgehead atoms. The molecule has 4 saturated carbocycles. The van der Waals surface area contributed by atoms with Crippen molar-refractivity contribution in [3.8, 4) is 0 Å². The van der Waals surface area contributed by atoms with E-state index in [0.717, 1.165) is 29.7 Å². The molecule has 0 radical (unpaired) electrons. The number of nitrogens with one attached hydrogen (secondary N) is 3. The molecule has 0 saturated heterocycles. The molecule has 7 nitrogen and oxygen atoms in total. The van der Waals surface area contributed by atoms with Gasteiger partial charge in [0, 0.05) is 22.5 Å². The van der Waals surface area contributed by atoms with E-state index in [4.69, 9.17) is 17.0 Å². The number of carbonyl (C=O) groups excluding carboxylic acids is 1. The molecule has 0 unspecified atom stereocenters. The van der Waals surface area contributed by atoms with Crippen molar-refractivity contribution in [2.75, 3.05) is 17.7 Å². The van der Waals surface area contributed by atoms with Gasteiger partial charge in [-0.1, -0.05) is 30.3 Å². The van der Waals surface area contributed by atoms with Gasteiger partial charge in [-0.2, -0.15) is 0 Å². The Morgan fingerprint density at radius 3 is 2.20 bits per heavy atom. The van der Waals surface area contributed by atoms with Crippen LogP contribution in [0.2, 0.25) is 0 Å². The molecule has 4 aliphatic carbocycles. The van der Waals surface area contributed by atoms with Crippen molar-refractivity contribution in [3.63, 3.8) is 0 Å². The number of sulfonamides is 1. The molecular weight excluding hydrogens is 563 g/mol. The lowest BCUT2D eigenvalue weighted by Gasteiger charge is -2.56. The van der Waals surface area contributed by atoms with E-state index < -0.39 is 16.0 Å². The zero-order valence-electron chi connectivity index (χ0n) is 22.3. The molecule has 2 aromatic carbocycles. The van der Waals surface area contributed by atoms with Gasteiger partial charge in [0.05, 0.1) is 17.6 Å². The number of rotatable bonds is 8. The van der Waals surface area contributed by atoms with Crippen LogP contribution in [0.25, 0.3) is 0 Å². The lowest BCUT2D eigenvalue weighted by atomic mass is 9.53. The van der Waals surface area contributed by atoms with Crippen LogP contribution in [-0.4, -0.2) is 32.1 Å². The minimum absolute atomic E-state index is 0.254. The SMILES string of the molecule is COC(=O)c1cc(Cc2ccccc2)sc1NC(=S)Nc1ccc(S(=O)(=O)NC23CC4CC(CC(C4)C2)C3)cc1. The quantitative estimate of drug-likeness (QED) is 0.211. The molecule has 3 aromatic rings. The summed E-state index contributed by atoms with van der Waals surface area (Å²) in [5.74, 6) is 1.53. The third-order valence-electron chi connectivity index (χ3n) is 8.45. The molecule has 0 atom stereocenters. The number of hydrogen-bond acceptors (Lipinski definition) is 6. The third-order valence-corrected chi connectivity index (χ3v) is 11.3. The van der Waals surface area contributed by atoms with Crippen molar-refractivity contribution in [3.05, 3.63) is 76.7 Å². The van der Waals surface area contributed by atoms with Gasteiger partial charge in [-0.25, -0.2) is 17.9 Å². The summed E-state index contributed by atoms with van der Waals surface area (Å²) in [5.41, 5.74) is 1.92. The summed E-state index contributed by atoms with van der Waals surface area (Å²) in [5, 5.41) is 7.10. The van der Waals surface area contributed by atoms with Gasteiger partial charge in [0.25, 0.3) is 0 Å². The molecule has 10 heteroatoms. The number of hydrogen-bond donors (Lipinski definition) is 3. The highest BCUT2D eigenvalue weighted by Crippen LogP contribution is 2.56. The van der Waals surface area contributed by atoms with Gasteiger partial charge in [0.1, 0.15) is 5.00 Å². The average Bonchev–Trinajstić information content (AvgIpc) is 3.29. The number of esters is 1. The molecular formula is C30H33N3O4S3. The van der Waals surface area contributed by atoms with Gasteiger partial charge in [0.15, 0.2) is 5.11 Å². The van der Waals surface area contributed by atoms with E-state index in [9.17, 15) is 13.2 Å². The van der Waals surface area contributed by atoms with Crippen LogP contribution in [0.4, 0.5) is 10.7 Å². The topological polar surface area (TPSA) is 96.5 Å². The maximum Gasteiger partial charge on any atom is 0.340 e. The number of methoxy groups -OCH3 is 1. The highest BCUT2D eigenvalue weighted by atomic mass is 32.2. The summed E-state index contributed by atoms with van der Waals surface area (Å²) in [4.78, 5) is 13.7. The normalized spacial score (nSPS) is 25.0. The van der Waals surface area contributed by atoms with E-state index in [0.29, 0.717) is 45.5 Å². The fourth-order valence-electron chi connectivity index (χ4n) is 7.24. The second-order valence-corrected chi connectivity index (χ2v) is 14.7. The molecule has 1 heterocycles. The minimum atomic E-state index is -3.63. The average molecular weight is 596 g/mol. The standard InChI is InChI=1S/C30H33N3O4S3/c1-37-28(34)26-15-24(14-19-5-3-2-4-6-19)39-27(26)32-29(38)31-23-7-9-25(10-8-23)40(35,36)33-30-16-20-11-21(17-30)13-22(12-20)18-30/h2-10,15,20-22,33H,11-14,16-18H2,1H3,(H2,31,32,38). The molecule has 7 rings (SSSR count). The fourth-order valence-corrected chi connectivity index (χ4v) is 10.0. The first-order valence-corrected chi connectivity index (χ1v) is 16.4. The lowest BCUT2D eigenvalue weighted by molar-refractivity contribution is -0.00810. The molecule has 1 aromatic heterocycles. The Labute approximate surface area is 244 Å². The number of thiocarbonyl (C=S) groups is 1. The predicted molar refractivity (Wildman–Crippen MR) is 162 cm³/mol. The maximum atomic E-state index is 13.3. The van der Waals surface area contributed by atoms with E-state index in [2.05, 4.69) is 15.4 Å². The number of thiophene rings is 1. The first-order chi connectivity index (χ1) is 19.2. The zero-order valence-corrected chi connectivity index (χ0v) is 24.8. The predicted octanol–water partition coefficient (Wildman–Crippen LogP) is 6.18. The second-order valence-electron chi connectivity index (χ2n) is 11.5. The molecule has 40 heavy (non-hydrogen) atoms. The van der Waals surface area contributed by atoms with Crippen LogP contribution >= 0.6 is 23.6 Å². The van der Waals surface area contributed by atoms with E-state index >= 15 is 0 Å². The van der Waals surface area contributed by atoms with Crippen LogP contribution in [0, 0.1) is 17.8 Å². The third kappa shape index (κ3) is 5.81. The summed E-state index contributed by atoms with van der Waals surface area (Å²) in [6.45, 7) is 0. The van der Waals surface area contributed by atoms with Gasteiger partial charge in [-0.05, 0) is 104 Å². The van der Waals surface area contributed by atoms with Crippen molar-refractivity contribution in [2.24, 2.45) is 17.8 Å². The molecule has 0 amide bonds. The first-order valence-electron chi connectivity index (χ1n) is 13.7. The molecule has 210 valence electrons. The minimum Gasteiger partial charge on any atom is -0.465 e. The van der Waals surface area contributed by atoms with E-state index in [1.54, 1.807) is 24.3 Å². The zero-order chi connectivity index (χ0) is 27.9. The van der Waals surface area contributed by atoms with Crippen LogP contribution in [-0.2, 0) is 21.2 Å². The molecule has 4 fully saturated rings. The molecule has 4 aliphatic rings. The summed E-state index contributed by atoms with van der Waals surface area (Å²) in [6.07, 6.45) is 7.34. The van der Waals surface area contributed by atoms with Crippen LogP contribution in [0.1, 0.15) is 59.3 Å². The summed E-state index contributed by atoms with van der Waals surface area (Å²) >= 11 is 6.96. The Balaban J connectivity index is 1.11. The monoisotopic (exact) mass is 595 g/mol. The summed E-state index contributed by atoms with van der Waals surface area (Å²) in [6, 6.07) is 18.5. The molecule has 3 N–H and O–H groups in total. The lowest BCUT2D eigenvalue weighted by Crippen LogP contribution is -2.59.